The largest absolute Gasteiger partial charge is 0.456 e. The Morgan fingerprint density at radius 2 is 1.57 bits per heavy atom. The van der Waals surface area contributed by atoms with Crippen LogP contribution >= 0.6 is 0 Å². The maximum absolute atomic E-state index is 12.2. The number of ether oxygens (including phenoxy) is 1. The summed E-state index contributed by atoms with van der Waals surface area (Å²) in [6.45, 7) is 6.36. The van der Waals surface area contributed by atoms with Crippen molar-refractivity contribution in [1.29, 1.82) is 0 Å². The Morgan fingerprint density at radius 1 is 1.10 bits per heavy atom. The molecule has 0 aromatic heterocycles. The molecule has 0 spiro atoms. The Morgan fingerprint density at radius 3 is 2.00 bits per heavy atom. The van der Waals surface area contributed by atoms with Crippen molar-refractivity contribution in [3.63, 3.8) is 0 Å². The summed E-state index contributed by atoms with van der Waals surface area (Å²) in [5.41, 5.74) is 6.50. The Kier molecular flexibility index (Phi) is 8.70. The molecule has 120 valence electrons. The molecule has 21 heavy (non-hydrogen) atoms. The molecule has 0 aliphatic carbocycles. The number of carbonyl (C=O) groups excluding carboxylic acids is 1. The van der Waals surface area contributed by atoms with Crippen LogP contribution in [-0.4, -0.2) is 11.6 Å². The average molecular weight is 294 g/mol. The van der Waals surface area contributed by atoms with E-state index in [9.17, 15) is 4.79 Å². The normalized spacial score (nSPS) is 10.8. The summed E-state index contributed by atoms with van der Waals surface area (Å²) in [6.07, 6.45) is 6.22. The summed E-state index contributed by atoms with van der Waals surface area (Å²) in [5, 5.41) is 0. The third kappa shape index (κ3) is 6.63. The third-order valence-corrected chi connectivity index (χ3v) is 3.60. The second-order valence-corrected chi connectivity index (χ2v) is 5.67. The van der Waals surface area contributed by atoms with Gasteiger partial charge in [-0.1, -0.05) is 26.7 Å². The molecule has 0 unspecified atom stereocenters. The fraction of sp³-hybridized carbons (Fsp3) is 0.588. The summed E-state index contributed by atoms with van der Waals surface area (Å²) < 4.78 is 5.79. The van der Waals surface area contributed by atoms with Crippen LogP contribution in [0.3, 0.4) is 0 Å². The van der Waals surface area contributed by atoms with E-state index < -0.39 is 0 Å². The molecule has 0 fully saturated rings. The molecule has 1 rings (SSSR count). The van der Waals surface area contributed by atoms with Gasteiger partial charge in [-0.05, 0) is 56.9 Å². The van der Waals surface area contributed by atoms with E-state index in [1.54, 1.807) is 24.3 Å². The molecule has 0 bridgehead atoms. The molecule has 0 saturated carbocycles. The SMILES string of the molecule is CCCCC(C)(CCCC)OC(=O)c1ccc(N)cc1.N. The van der Waals surface area contributed by atoms with Crippen LogP contribution in [0.4, 0.5) is 5.69 Å². The highest BCUT2D eigenvalue weighted by molar-refractivity contribution is 5.90. The van der Waals surface area contributed by atoms with Crippen molar-refractivity contribution in [2.24, 2.45) is 0 Å². The van der Waals surface area contributed by atoms with Gasteiger partial charge in [0.15, 0.2) is 0 Å². The van der Waals surface area contributed by atoms with Gasteiger partial charge in [0.25, 0.3) is 0 Å². The molecule has 0 radical (unpaired) electrons. The summed E-state index contributed by atoms with van der Waals surface area (Å²) in [7, 11) is 0. The molecule has 1 aromatic rings. The highest BCUT2D eigenvalue weighted by Crippen LogP contribution is 2.27. The number of nitrogen functional groups attached to an aromatic ring is 1. The molecule has 0 heterocycles. The van der Waals surface area contributed by atoms with Gasteiger partial charge in [0.1, 0.15) is 5.60 Å². The van der Waals surface area contributed by atoms with E-state index >= 15 is 0 Å². The van der Waals surface area contributed by atoms with Crippen molar-refractivity contribution < 1.29 is 9.53 Å². The number of rotatable bonds is 8. The standard InChI is InChI=1S/C17H27NO2.H3N/c1-4-6-12-17(3,13-7-5-2)20-16(19)14-8-10-15(18)11-9-14;/h8-11H,4-7,12-13,18H2,1-3H3;1H3. The molecule has 1 aromatic carbocycles. The minimum Gasteiger partial charge on any atom is -0.456 e. The lowest BCUT2D eigenvalue weighted by Crippen LogP contribution is -2.31. The van der Waals surface area contributed by atoms with Crippen molar-refractivity contribution in [1.82, 2.24) is 6.15 Å². The van der Waals surface area contributed by atoms with Crippen LogP contribution < -0.4 is 11.9 Å². The van der Waals surface area contributed by atoms with E-state index in [0.717, 1.165) is 38.5 Å². The number of hydrogen-bond acceptors (Lipinski definition) is 4. The van der Waals surface area contributed by atoms with E-state index in [1.807, 2.05) is 6.92 Å². The molecule has 5 N–H and O–H groups in total. The first-order valence-electron chi connectivity index (χ1n) is 7.59. The Hall–Kier alpha value is -1.55. The molecular weight excluding hydrogens is 264 g/mol. The van der Waals surface area contributed by atoms with Gasteiger partial charge in [-0.3, -0.25) is 0 Å². The molecule has 0 atom stereocenters. The first-order chi connectivity index (χ1) is 9.50. The lowest BCUT2D eigenvalue weighted by atomic mass is 9.92. The van der Waals surface area contributed by atoms with Crippen molar-refractivity contribution in [3.8, 4) is 0 Å². The minimum absolute atomic E-state index is 0. The predicted octanol–water partition coefficient (Wildman–Crippen LogP) is 4.73. The zero-order valence-corrected chi connectivity index (χ0v) is 13.7. The van der Waals surface area contributed by atoms with E-state index in [4.69, 9.17) is 10.5 Å². The number of unbranched alkanes of at least 4 members (excludes halogenated alkanes) is 2. The lowest BCUT2D eigenvalue weighted by molar-refractivity contribution is -0.0195. The van der Waals surface area contributed by atoms with Gasteiger partial charge < -0.3 is 16.6 Å². The number of hydrogen-bond donors (Lipinski definition) is 2. The monoisotopic (exact) mass is 294 g/mol. The molecule has 0 amide bonds. The van der Waals surface area contributed by atoms with E-state index in [-0.39, 0.29) is 17.7 Å². The summed E-state index contributed by atoms with van der Waals surface area (Å²) in [4.78, 5) is 12.2. The topological polar surface area (TPSA) is 87.3 Å². The Balaban J connectivity index is 0.00000400. The number of carbonyl (C=O) groups is 1. The van der Waals surface area contributed by atoms with Crippen LogP contribution in [0.2, 0.25) is 0 Å². The van der Waals surface area contributed by atoms with Gasteiger partial charge in [0, 0.05) is 5.69 Å². The van der Waals surface area contributed by atoms with Crippen LogP contribution in [0.25, 0.3) is 0 Å². The third-order valence-electron chi connectivity index (χ3n) is 3.60. The minimum atomic E-state index is -0.357. The second-order valence-electron chi connectivity index (χ2n) is 5.67. The highest BCUT2D eigenvalue weighted by atomic mass is 16.6. The highest BCUT2D eigenvalue weighted by Gasteiger charge is 2.28. The fourth-order valence-corrected chi connectivity index (χ4v) is 2.23. The number of anilines is 1. The van der Waals surface area contributed by atoms with Crippen molar-refractivity contribution in [2.45, 2.75) is 64.9 Å². The van der Waals surface area contributed by atoms with Crippen molar-refractivity contribution in [3.05, 3.63) is 29.8 Å². The van der Waals surface area contributed by atoms with Crippen molar-refractivity contribution in [2.75, 3.05) is 5.73 Å². The quantitative estimate of drug-likeness (QED) is 0.536. The first-order valence-corrected chi connectivity index (χ1v) is 7.59. The predicted molar refractivity (Wildman–Crippen MR) is 88.7 cm³/mol. The van der Waals surface area contributed by atoms with Gasteiger partial charge in [-0.15, -0.1) is 0 Å². The summed E-state index contributed by atoms with van der Waals surface area (Å²) >= 11 is 0. The summed E-state index contributed by atoms with van der Waals surface area (Å²) in [6, 6.07) is 6.90. The second kappa shape index (κ2) is 9.40. The van der Waals surface area contributed by atoms with Crippen LogP contribution in [0, 0.1) is 0 Å². The molecule has 4 nitrogen and oxygen atoms in total. The lowest BCUT2D eigenvalue weighted by Gasteiger charge is -2.29. The molecule has 0 aliphatic heterocycles. The first kappa shape index (κ1) is 19.4. The number of nitrogens with two attached hydrogens (primary N) is 1. The zero-order valence-electron chi connectivity index (χ0n) is 13.7. The molecular formula is C17H30N2O2. The maximum Gasteiger partial charge on any atom is 0.338 e. The van der Waals surface area contributed by atoms with Crippen LogP contribution in [-0.2, 0) is 4.74 Å². The van der Waals surface area contributed by atoms with Crippen LogP contribution in [0.15, 0.2) is 24.3 Å². The smallest absolute Gasteiger partial charge is 0.338 e. The van der Waals surface area contributed by atoms with Gasteiger partial charge in [-0.25, -0.2) is 4.79 Å². The summed E-state index contributed by atoms with van der Waals surface area (Å²) in [5.74, 6) is -0.250. The van der Waals surface area contributed by atoms with E-state index in [1.165, 1.54) is 0 Å². The molecule has 0 saturated heterocycles. The maximum atomic E-state index is 12.2. The zero-order chi connectivity index (χ0) is 15.0. The Labute approximate surface area is 128 Å². The van der Waals surface area contributed by atoms with Crippen LogP contribution in [0.5, 0.6) is 0 Å². The Bertz CT molecular complexity index is 407. The molecule has 0 aliphatic rings. The molecule has 4 heteroatoms. The number of benzene rings is 1. The van der Waals surface area contributed by atoms with Crippen molar-refractivity contribution >= 4 is 11.7 Å². The van der Waals surface area contributed by atoms with Crippen LogP contribution in [0.1, 0.15) is 69.7 Å². The van der Waals surface area contributed by atoms with E-state index in [0.29, 0.717) is 11.3 Å². The van der Waals surface area contributed by atoms with Gasteiger partial charge in [0.2, 0.25) is 0 Å². The fourth-order valence-electron chi connectivity index (χ4n) is 2.23. The van der Waals surface area contributed by atoms with E-state index in [2.05, 4.69) is 13.8 Å². The number of esters is 1. The van der Waals surface area contributed by atoms with Gasteiger partial charge in [-0.2, -0.15) is 0 Å². The van der Waals surface area contributed by atoms with Gasteiger partial charge in [0.05, 0.1) is 5.56 Å². The van der Waals surface area contributed by atoms with Gasteiger partial charge >= 0.3 is 5.97 Å². The average Bonchev–Trinajstić information content (AvgIpc) is 2.44.